The topological polar surface area (TPSA) is 26.0 Å². The molecule has 1 nitrogen and oxygen atoms in total. The Bertz CT molecular complexity index is 408. The predicted molar refractivity (Wildman–Crippen MR) is 60.1 cm³/mol. The predicted octanol–water partition coefficient (Wildman–Crippen LogP) is 3.39. The van der Waals surface area contributed by atoms with Crippen LogP contribution in [0.25, 0.3) is 11.1 Å². The summed E-state index contributed by atoms with van der Waals surface area (Å²) >= 11 is 6.06. The summed E-state index contributed by atoms with van der Waals surface area (Å²) in [5, 5.41) is 0.713. The largest absolute Gasteiger partial charge is 0.398 e. The lowest BCUT2D eigenvalue weighted by Gasteiger charge is -2.06. The Morgan fingerprint density at radius 2 is 1.86 bits per heavy atom. The zero-order valence-electron chi connectivity index (χ0n) is 7.50. The Labute approximate surface area is 88.1 Å². The summed E-state index contributed by atoms with van der Waals surface area (Å²) in [5.41, 5.74) is 8.44. The fraction of sp³-hybridized carbons (Fsp3) is 0. The molecule has 0 aromatic heterocycles. The molecule has 0 atom stereocenters. The number of rotatable bonds is 1. The molecule has 0 heterocycles. The molecule has 1 radical (unpaired) electrons. The molecule has 0 fully saturated rings. The average molecular weight is 203 g/mol. The van der Waals surface area contributed by atoms with Crippen molar-refractivity contribution in [3.63, 3.8) is 0 Å². The number of benzene rings is 2. The van der Waals surface area contributed by atoms with Crippen molar-refractivity contribution < 1.29 is 0 Å². The second kappa shape index (κ2) is 3.72. The molecule has 0 saturated heterocycles. The highest BCUT2D eigenvalue weighted by atomic mass is 35.5. The van der Waals surface area contributed by atoms with Crippen LogP contribution in [0.1, 0.15) is 0 Å². The van der Waals surface area contributed by atoms with Crippen LogP contribution in [0.15, 0.2) is 42.5 Å². The maximum Gasteiger partial charge on any atom is 0.0485 e. The van der Waals surface area contributed by atoms with E-state index in [1.165, 1.54) is 0 Å². The summed E-state index contributed by atoms with van der Waals surface area (Å²) < 4.78 is 0. The summed E-state index contributed by atoms with van der Waals surface area (Å²) in [6.07, 6.45) is 0. The summed E-state index contributed by atoms with van der Waals surface area (Å²) in [4.78, 5) is 0. The molecule has 2 aromatic rings. The quantitative estimate of drug-likeness (QED) is 0.705. The van der Waals surface area contributed by atoms with E-state index in [-0.39, 0.29) is 0 Å². The van der Waals surface area contributed by atoms with Gasteiger partial charge in [0.05, 0.1) is 0 Å². The van der Waals surface area contributed by atoms with Crippen LogP contribution in [0.4, 0.5) is 5.69 Å². The second-order valence-electron chi connectivity index (χ2n) is 2.99. The molecular formula is C12H9ClN. The molecule has 0 aliphatic heterocycles. The summed E-state index contributed by atoms with van der Waals surface area (Å²) in [5.74, 6) is 0. The zero-order valence-corrected chi connectivity index (χ0v) is 8.25. The van der Waals surface area contributed by atoms with E-state index < -0.39 is 0 Å². The molecule has 0 aliphatic carbocycles. The monoisotopic (exact) mass is 202 g/mol. The van der Waals surface area contributed by atoms with Crippen LogP contribution in [0.5, 0.6) is 0 Å². The summed E-state index contributed by atoms with van der Waals surface area (Å²) in [6.45, 7) is 0. The van der Waals surface area contributed by atoms with Crippen LogP contribution in [-0.2, 0) is 0 Å². The minimum atomic E-state index is 0.695. The number of nitrogens with two attached hydrogens (primary N) is 1. The second-order valence-corrected chi connectivity index (χ2v) is 3.40. The molecule has 0 spiro atoms. The van der Waals surface area contributed by atoms with Gasteiger partial charge in [0.1, 0.15) is 0 Å². The van der Waals surface area contributed by atoms with Gasteiger partial charge < -0.3 is 5.73 Å². The van der Waals surface area contributed by atoms with E-state index >= 15 is 0 Å². The van der Waals surface area contributed by atoms with Gasteiger partial charge in [-0.15, -0.1) is 0 Å². The molecule has 2 heteroatoms. The van der Waals surface area contributed by atoms with Crippen LogP contribution in [0, 0.1) is 6.07 Å². The van der Waals surface area contributed by atoms with E-state index in [0.29, 0.717) is 10.7 Å². The van der Waals surface area contributed by atoms with Crippen molar-refractivity contribution in [3.05, 3.63) is 53.6 Å². The van der Waals surface area contributed by atoms with Gasteiger partial charge in [-0.1, -0.05) is 41.9 Å². The van der Waals surface area contributed by atoms with E-state index in [2.05, 4.69) is 6.07 Å². The van der Waals surface area contributed by atoms with Gasteiger partial charge in [-0.2, -0.15) is 0 Å². The van der Waals surface area contributed by atoms with Gasteiger partial charge in [0.25, 0.3) is 0 Å². The van der Waals surface area contributed by atoms with Gasteiger partial charge in [0.15, 0.2) is 0 Å². The Morgan fingerprint density at radius 3 is 2.57 bits per heavy atom. The maximum atomic E-state index is 6.06. The molecule has 2 rings (SSSR count). The van der Waals surface area contributed by atoms with Gasteiger partial charge in [-0.05, 0) is 18.2 Å². The first kappa shape index (κ1) is 9.10. The first-order valence-electron chi connectivity index (χ1n) is 4.29. The van der Waals surface area contributed by atoms with Crippen LogP contribution in [0.3, 0.4) is 0 Å². The number of hydrogen-bond acceptors (Lipinski definition) is 1. The van der Waals surface area contributed by atoms with Gasteiger partial charge in [-0.3, -0.25) is 0 Å². The SMILES string of the molecule is Nc1c[c]ccc1-c1ccccc1Cl. The summed E-state index contributed by atoms with van der Waals surface area (Å²) in [7, 11) is 0. The lowest BCUT2D eigenvalue weighted by molar-refractivity contribution is 1.60. The van der Waals surface area contributed by atoms with E-state index in [4.69, 9.17) is 17.3 Å². The van der Waals surface area contributed by atoms with Crippen molar-refractivity contribution in [2.24, 2.45) is 0 Å². The minimum absolute atomic E-state index is 0.695. The number of halogens is 1. The smallest absolute Gasteiger partial charge is 0.0485 e. The normalized spacial score (nSPS) is 10.1. The third kappa shape index (κ3) is 1.59. The average Bonchev–Trinajstić information content (AvgIpc) is 2.20. The van der Waals surface area contributed by atoms with Crippen LogP contribution >= 0.6 is 11.6 Å². The Kier molecular flexibility index (Phi) is 2.42. The standard InChI is InChI=1S/C12H9ClN/c13-11-7-3-1-5-9(11)10-6-2-4-8-12(10)14/h1-3,5-8H,14H2. The van der Waals surface area contributed by atoms with Crippen LogP contribution in [-0.4, -0.2) is 0 Å². The first-order valence-corrected chi connectivity index (χ1v) is 4.67. The molecule has 0 aliphatic rings. The maximum absolute atomic E-state index is 6.06. The number of hydrogen-bond donors (Lipinski definition) is 1. The Morgan fingerprint density at radius 1 is 1.07 bits per heavy atom. The Balaban J connectivity index is 2.61. The van der Waals surface area contributed by atoms with Crippen molar-refractivity contribution in [2.75, 3.05) is 5.73 Å². The lowest BCUT2D eigenvalue weighted by atomic mass is 10.0. The van der Waals surface area contributed by atoms with Gasteiger partial charge >= 0.3 is 0 Å². The molecule has 2 aromatic carbocycles. The number of anilines is 1. The van der Waals surface area contributed by atoms with E-state index in [1.807, 2.05) is 36.4 Å². The van der Waals surface area contributed by atoms with Crippen molar-refractivity contribution in [1.82, 2.24) is 0 Å². The Hall–Kier alpha value is -1.47. The fourth-order valence-corrected chi connectivity index (χ4v) is 1.61. The minimum Gasteiger partial charge on any atom is -0.398 e. The van der Waals surface area contributed by atoms with Gasteiger partial charge in [0.2, 0.25) is 0 Å². The summed E-state index contributed by atoms with van der Waals surface area (Å²) in [6, 6.07) is 16.1. The highest BCUT2D eigenvalue weighted by Crippen LogP contribution is 2.31. The third-order valence-electron chi connectivity index (χ3n) is 2.06. The van der Waals surface area contributed by atoms with Gasteiger partial charge in [0, 0.05) is 21.8 Å². The zero-order chi connectivity index (χ0) is 9.97. The number of nitrogen functional groups attached to an aromatic ring is 1. The molecule has 2 N–H and O–H groups in total. The van der Waals surface area contributed by atoms with Gasteiger partial charge in [-0.25, -0.2) is 0 Å². The third-order valence-corrected chi connectivity index (χ3v) is 2.39. The lowest BCUT2D eigenvalue weighted by Crippen LogP contribution is -1.89. The molecule has 0 saturated carbocycles. The van der Waals surface area contributed by atoms with Crippen LogP contribution in [0.2, 0.25) is 5.02 Å². The molecule has 0 bridgehead atoms. The van der Waals surface area contributed by atoms with Crippen molar-refractivity contribution in [1.29, 1.82) is 0 Å². The first-order chi connectivity index (χ1) is 6.79. The highest BCUT2D eigenvalue weighted by molar-refractivity contribution is 6.33. The molecule has 0 unspecified atom stereocenters. The van der Waals surface area contributed by atoms with Crippen LogP contribution < -0.4 is 5.73 Å². The fourth-order valence-electron chi connectivity index (χ4n) is 1.37. The van der Waals surface area contributed by atoms with E-state index in [0.717, 1.165) is 11.1 Å². The molecule has 14 heavy (non-hydrogen) atoms. The van der Waals surface area contributed by atoms with Crippen molar-refractivity contribution in [3.8, 4) is 11.1 Å². The van der Waals surface area contributed by atoms with E-state index in [1.54, 1.807) is 6.07 Å². The molecule has 0 amide bonds. The molecular weight excluding hydrogens is 194 g/mol. The highest BCUT2D eigenvalue weighted by Gasteiger charge is 2.04. The van der Waals surface area contributed by atoms with Crippen molar-refractivity contribution in [2.45, 2.75) is 0 Å². The van der Waals surface area contributed by atoms with Crippen molar-refractivity contribution >= 4 is 17.3 Å². The molecule has 69 valence electrons. The van der Waals surface area contributed by atoms with E-state index in [9.17, 15) is 0 Å².